The molecule has 0 spiro atoms. The molecule has 4 aromatic heterocycles. The number of nitriles is 1. The Morgan fingerprint density at radius 1 is 1.26 bits per heavy atom. The average molecular weight is 358 g/mol. The molecule has 7 heteroatoms. The molecular weight excluding hydrogens is 340 g/mol. The predicted molar refractivity (Wildman–Crippen MR) is 101 cm³/mol. The molecule has 4 rings (SSSR count). The fraction of sp³-hybridized carbons (Fsp3) is 0.200. The van der Waals surface area contributed by atoms with Gasteiger partial charge in [-0.3, -0.25) is 14.5 Å². The standard InChI is InChI=1S/C20H18N6O/c1-3-27-12-17-19(20(25-24-17)16-6-4-5-13(2)23-16)14-7-8-18-22-10-15(9-21)26(18)11-14/h4-8,10-11H,3,12H2,1-2H3,(H,24,25). The van der Waals surface area contributed by atoms with E-state index in [1.165, 1.54) is 0 Å². The van der Waals surface area contributed by atoms with E-state index in [0.29, 0.717) is 18.9 Å². The molecule has 0 aliphatic carbocycles. The molecule has 0 saturated heterocycles. The number of fused-ring (bicyclic) bond motifs is 1. The van der Waals surface area contributed by atoms with Crippen LogP contribution in [0.3, 0.4) is 0 Å². The molecule has 0 saturated carbocycles. The quantitative estimate of drug-likeness (QED) is 0.589. The van der Waals surface area contributed by atoms with Gasteiger partial charge in [0.05, 0.1) is 24.2 Å². The second-order valence-corrected chi connectivity index (χ2v) is 6.13. The van der Waals surface area contributed by atoms with E-state index in [1.807, 2.05) is 50.4 Å². The number of aromatic amines is 1. The Kier molecular flexibility index (Phi) is 4.40. The smallest absolute Gasteiger partial charge is 0.144 e. The molecule has 0 radical (unpaired) electrons. The third-order valence-corrected chi connectivity index (χ3v) is 4.33. The first kappa shape index (κ1) is 16.9. The third kappa shape index (κ3) is 3.07. The Morgan fingerprint density at radius 2 is 2.15 bits per heavy atom. The van der Waals surface area contributed by atoms with Crippen LogP contribution in [0, 0.1) is 18.3 Å². The van der Waals surface area contributed by atoms with Crippen molar-refractivity contribution in [3.63, 3.8) is 0 Å². The van der Waals surface area contributed by atoms with Gasteiger partial charge in [-0.05, 0) is 38.1 Å². The first-order valence-electron chi connectivity index (χ1n) is 8.68. The van der Waals surface area contributed by atoms with Gasteiger partial charge in [-0.15, -0.1) is 0 Å². The van der Waals surface area contributed by atoms with Gasteiger partial charge >= 0.3 is 0 Å². The summed E-state index contributed by atoms with van der Waals surface area (Å²) in [5, 5.41) is 16.9. The molecular formula is C20H18N6O. The van der Waals surface area contributed by atoms with Crippen molar-refractivity contribution in [1.29, 1.82) is 5.26 Å². The lowest BCUT2D eigenvalue weighted by Crippen LogP contribution is -1.97. The van der Waals surface area contributed by atoms with Gasteiger partial charge in [-0.2, -0.15) is 10.4 Å². The summed E-state index contributed by atoms with van der Waals surface area (Å²) in [4.78, 5) is 8.87. The highest BCUT2D eigenvalue weighted by Gasteiger charge is 2.19. The topological polar surface area (TPSA) is 91.9 Å². The van der Waals surface area contributed by atoms with Crippen LogP contribution in [0.2, 0.25) is 0 Å². The van der Waals surface area contributed by atoms with Gasteiger partial charge < -0.3 is 4.74 Å². The minimum atomic E-state index is 0.414. The molecule has 0 amide bonds. The first-order valence-corrected chi connectivity index (χ1v) is 8.68. The summed E-state index contributed by atoms with van der Waals surface area (Å²) in [7, 11) is 0. The number of nitrogens with one attached hydrogen (secondary N) is 1. The lowest BCUT2D eigenvalue weighted by molar-refractivity contribution is 0.131. The zero-order chi connectivity index (χ0) is 18.8. The van der Waals surface area contributed by atoms with Gasteiger partial charge in [0, 0.05) is 29.6 Å². The van der Waals surface area contributed by atoms with E-state index in [4.69, 9.17) is 4.74 Å². The van der Waals surface area contributed by atoms with Gasteiger partial charge in [0.25, 0.3) is 0 Å². The summed E-state index contributed by atoms with van der Waals surface area (Å²) in [6.07, 6.45) is 3.47. The van der Waals surface area contributed by atoms with E-state index in [0.717, 1.165) is 39.5 Å². The van der Waals surface area contributed by atoms with Crippen molar-refractivity contribution in [3.05, 3.63) is 59.8 Å². The maximum atomic E-state index is 9.32. The summed E-state index contributed by atoms with van der Waals surface area (Å²) in [6.45, 7) is 4.93. The fourth-order valence-corrected chi connectivity index (χ4v) is 3.07. The van der Waals surface area contributed by atoms with Gasteiger partial charge in [0.2, 0.25) is 0 Å². The molecule has 4 heterocycles. The maximum Gasteiger partial charge on any atom is 0.144 e. The van der Waals surface area contributed by atoms with E-state index in [2.05, 4.69) is 26.2 Å². The van der Waals surface area contributed by atoms with Crippen molar-refractivity contribution in [2.24, 2.45) is 0 Å². The molecule has 0 aliphatic heterocycles. The van der Waals surface area contributed by atoms with Crippen molar-refractivity contribution < 1.29 is 4.74 Å². The highest BCUT2D eigenvalue weighted by atomic mass is 16.5. The minimum Gasteiger partial charge on any atom is -0.375 e. The number of rotatable bonds is 5. The normalized spacial score (nSPS) is 11.0. The number of ether oxygens (including phenoxy) is 1. The second kappa shape index (κ2) is 7.02. The monoisotopic (exact) mass is 358 g/mol. The van der Waals surface area contributed by atoms with Gasteiger partial charge in [0.1, 0.15) is 23.1 Å². The Bertz CT molecular complexity index is 1150. The molecule has 27 heavy (non-hydrogen) atoms. The maximum absolute atomic E-state index is 9.32. The predicted octanol–water partition coefficient (Wildman–Crippen LogP) is 3.50. The van der Waals surface area contributed by atoms with Crippen LogP contribution in [-0.2, 0) is 11.3 Å². The molecule has 1 N–H and O–H groups in total. The van der Waals surface area contributed by atoms with Crippen LogP contribution < -0.4 is 0 Å². The van der Waals surface area contributed by atoms with Crippen molar-refractivity contribution in [3.8, 4) is 28.6 Å². The summed E-state index contributed by atoms with van der Waals surface area (Å²) < 4.78 is 7.39. The number of hydrogen-bond acceptors (Lipinski definition) is 5. The van der Waals surface area contributed by atoms with Crippen molar-refractivity contribution in [2.45, 2.75) is 20.5 Å². The van der Waals surface area contributed by atoms with Crippen LogP contribution in [0.15, 0.2) is 42.7 Å². The number of H-pyrrole nitrogens is 1. The highest BCUT2D eigenvalue weighted by molar-refractivity contribution is 5.81. The zero-order valence-corrected chi connectivity index (χ0v) is 15.1. The van der Waals surface area contributed by atoms with E-state index in [9.17, 15) is 5.26 Å². The molecule has 0 unspecified atom stereocenters. The third-order valence-electron chi connectivity index (χ3n) is 4.33. The molecule has 4 aromatic rings. The van der Waals surface area contributed by atoms with E-state index in [1.54, 1.807) is 10.6 Å². The summed E-state index contributed by atoms with van der Waals surface area (Å²) in [6, 6.07) is 11.9. The number of hydrogen-bond donors (Lipinski definition) is 1. The number of imidazole rings is 1. The molecule has 0 atom stereocenters. The van der Waals surface area contributed by atoms with Crippen molar-refractivity contribution in [2.75, 3.05) is 6.61 Å². The van der Waals surface area contributed by atoms with Crippen molar-refractivity contribution >= 4 is 5.65 Å². The lowest BCUT2D eigenvalue weighted by Gasteiger charge is -2.08. The zero-order valence-electron chi connectivity index (χ0n) is 15.1. The lowest BCUT2D eigenvalue weighted by atomic mass is 10.0. The van der Waals surface area contributed by atoms with E-state index in [-0.39, 0.29) is 0 Å². The van der Waals surface area contributed by atoms with E-state index < -0.39 is 0 Å². The van der Waals surface area contributed by atoms with Gasteiger partial charge in [-0.1, -0.05) is 6.07 Å². The average Bonchev–Trinajstić information content (AvgIpc) is 3.29. The molecule has 0 aliphatic rings. The summed E-state index contributed by atoms with van der Waals surface area (Å²) in [5.74, 6) is 0. The molecule has 134 valence electrons. The molecule has 0 bridgehead atoms. The van der Waals surface area contributed by atoms with Crippen LogP contribution in [0.4, 0.5) is 0 Å². The van der Waals surface area contributed by atoms with Crippen molar-refractivity contribution in [1.82, 2.24) is 24.6 Å². The van der Waals surface area contributed by atoms with Crippen LogP contribution >= 0.6 is 0 Å². The summed E-state index contributed by atoms with van der Waals surface area (Å²) >= 11 is 0. The van der Waals surface area contributed by atoms with Crippen LogP contribution in [0.5, 0.6) is 0 Å². The van der Waals surface area contributed by atoms with Gasteiger partial charge in [0.15, 0.2) is 0 Å². The molecule has 0 fully saturated rings. The van der Waals surface area contributed by atoms with Crippen LogP contribution in [0.25, 0.3) is 28.2 Å². The summed E-state index contributed by atoms with van der Waals surface area (Å²) in [5.41, 5.74) is 6.37. The Labute approximate surface area is 156 Å². The number of nitrogens with zero attached hydrogens (tertiary/aromatic N) is 5. The Morgan fingerprint density at radius 3 is 2.93 bits per heavy atom. The van der Waals surface area contributed by atoms with Crippen LogP contribution in [-0.4, -0.2) is 31.2 Å². The SMILES string of the molecule is CCOCc1[nH]nc(-c2cccc(C)n2)c1-c1ccc2ncc(C#N)n2c1. The van der Waals surface area contributed by atoms with E-state index >= 15 is 0 Å². The largest absolute Gasteiger partial charge is 0.375 e. The Hall–Kier alpha value is -3.50. The fourth-order valence-electron chi connectivity index (χ4n) is 3.07. The molecule has 7 nitrogen and oxygen atoms in total. The Balaban J connectivity index is 1.92. The molecule has 0 aromatic carbocycles. The van der Waals surface area contributed by atoms with Gasteiger partial charge in [-0.25, -0.2) is 4.98 Å². The number of pyridine rings is 2. The minimum absolute atomic E-state index is 0.414. The first-order chi connectivity index (χ1) is 13.2. The number of aryl methyl sites for hydroxylation is 1. The van der Waals surface area contributed by atoms with Crippen LogP contribution in [0.1, 0.15) is 24.0 Å². The number of aromatic nitrogens is 5. The highest BCUT2D eigenvalue weighted by Crippen LogP contribution is 2.33. The second-order valence-electron chi connectivity index (χ2n) is 6.13.